The van der Waals surface area contributed by atoms with E-state index in [1.165, 1.54) is 11.1 Å². The summed E-state index contributed by atoms with van der Waals surface area (Å²) in [4.78, 5) is 2.32. The Bertz CT molecular complexity index is 230. The van der Waals surface area contributed by atoms with Crippen LogP contribution < -0.4 is 0 Å². The van der Waals surface area contributed by atoms with Gasteiger partial charge in [-0.25, -0.2) is 0 Å². The summed E-state index contributed by atoms with van der Waals surface area (Å²) in [7, 11) is 0. The van der Waals surface area contributed by atoms with E-state index < -0.39 is 0 Å². The van der Waals surface area contributed by atoms with E-state index in [2.05, 4.69) is 42.6 Å². The third kappa shape index (κ3) is 1.16. The SMILES string of the molecule is C[CH]N1Cc2ccccc2C1. The van der Waals surface area contributed by atoms with E-state index in [1.54, 1.807) is 0 Å². The molecule has 0 N–H and O–H groups in total. The molecule has 0 bridgehead atoms. The third-order valence-corrected chi connectivity index (χ3v) is 2.23. The van der Waals surface area contributed by atoms with E-state index >= 15 is 0 Å². The fraction of sp³-hybridized carbons (Fsp3) is 0.300. The van der Waals surface area contributed by atoms with E-state index in [1.807, 2.05) is 0 Å². The highest BCUT2D eigenvalue weighted by Gasteiger charge is 2.15. The van der Waals surface area contributed by atoms with Gasteiger partial charge in [0.25, 0.3) is 0 Å². The molecule has 0 spiro atoms. The molecule has 0 aromatic heterocycles. The quantitative estimate of drug-likeness (QED) is 0.587. The number of rotatable bonds is 1. The molecular weight excluding hydrogens is 134 g/mol. The molecule has 0 saturated heterocycles. The van der Waals surface area contributed by atoms with Crippen molar-refractivity contribution < 1.29 is 0 Å². The summed E-state index contributed by atoms with van der Waals surface area (Å²) in [5, 5.41) is 0. The van der Waals surface area contributed by atoms with Gasteiger partial charge in [0.05, 0.1) is 0 Å². The molecule has 0 aliphatic carbocycles. The molecule has 1 heteroatoms. The monoisotopic (exact) mass is 146 g/mol. The van der Waals surface area contributed by atoms with Gasteiger partial charge < -0.3 is 0 Å². The van der Waals surface area contributed by atoms with Crippen LogP contribution in [0.4, 0.5) is 0 Å². The zero-order chi connectivity index (χ0) is 7.68. The summed E-state index contributed by atoms with van der Waals surface area (Å²) < 4.78 is 0. The Kier molecular flexibility index (Phi) is 1.66. The van der Waals surface area contributed by atoms with Crippen molar-refractivity contribution in [3.63, 3.8) is 0 Å². The van der Waals surface area contributed by atoms with Crippen molar-refractivity contribution in [1.29, 1.82) is 0 Å². The zero-order valence-corrected chi connectivity index (χ0v) is 6.75. The van der Waals surface area contributed by atoms with Crippen molar-refractivity contribution in [1.82, 2.24) is 4.90 Å². The lowest BCUT2D eigenvalue weighted by molar-refractivity contribution is 0.355. The molecule has 2 rings (SSSR count). The molecule has 1 aliphatic heterocycles. The normalized spacial score (nSPS) is 16.8. The van der Waals surface area contributed by atoms with Crippen molar-refractivity contribution in [2.45, 2.75) is 20.0 Å². The van der Waals surface area contributed by atoms with Crippen LogP contribution in [0.25, 0.3) is 0 Å². The van der Waals surface area contributed by atoms with Crippen LogP contribution in [0, 0.1) is 6.54 Å². The third-order valence-electron chi connectivity index (χ3n) is 2.23. The van der Waals surface area contributed by atoms with Crippen molar-refractivity contribution in [3.8, 4) is 0 Å². The van der Waals surface area contributed by atoms with Crippen LogP contribution in [0.5, 0.6) is 0 Å². The van der Waals surface area contributed by atoms with Crippen molar-refractivity contribution in [2.24, 2.45) is 0 Å². The van der Waals surface area contributed by atoms with Gasteiger partial charge in [0.2, 0.25) is 0 Å². The molecule has 1 radical (unpaired) electrons. The highest BCUT2D eigenvalue weighted by Crippen LogP contribution is 2.22. The Morgan fingerprint density at radius 2 is 1.73 bits per heavy atom. The lowest BCUT2D eigenvalue weighted by atomic mass is 10.1. The highest BCUT2D eigenvalue weighted by atomic mass is 15.1. The maximum atomic E-state index is 2.32. The van der Waals surface area contributed by atoms with Crippen LogP contribution >= 0.6 is 0 Å². The predicted octanol–water partition coefficient (Wildman–Crippen LogP) is 2.18. The number of hydrogen-bond donors (Lipinski definition) is 0. The lowest BCUT2D eigenvalue weighted by Crippen LogP contribution is -2.09. The second-order valence-corrected chi connectivity index (χ2v) is 2.93. The molecule has 0 unspecified atom stereocenters. The molecule has 1 nitrogen and oxygen atoms in total. The molecule has 57 valence electrons. The maximum absolute atomic E-state index is 2.32. The second kappa shape index (κ2) is 2.67. The molecule has 1 heterocycles. The molecular formula is C10H12N. The topological polar surface area (TPSA) is 3.24 Å². The van der Waals surface area contributed by atoms with Crippen LogP contribution in [-0.2, 0) is 13.1 Å². The summed E-state index contributed by atoms with van der Waals surface area (Å²) in [6, 6.07) is 8.63. The minimum atomic E-state index is 1.09. The Labute approximate surface area is 67.6 Å². The average Bonchev–Trinajstić information content (AvgIpc) is 2.46. The molecule has 0 saturated carbocycles. The fourth-order valence-corrected chi connectivity index (χ4v) is 1.54. The summed E-state index contributed by atoms with van der Waals surface area (Å²) in [5.41, 5.74) is 2.95. The molecule has 1 aliphatic rings. The van der Waals surface area contributed by atoms with Gasteiger partial charge in [0.1, 0.15) is 0 Å². The van der Waals surface area contributed by atoms with E-state index in [-0.39, 0.29) is 0 Å². The zero-order valence-electron chi connectivity index (χ0n) is 6.75. The van der Waals surface area contributed by atoms with Crippen molar-refractivity contribution >= 4 is 0 Å². The Hall–Kier alpha value is -0.820. The molecule has 0 atom stereocenters. The smallest absolute Gasteiger partial charge is 0.0244 e. The van der Waals surface area contributed by atoms with Gasteiger partial charge in [0, 0.05) is 19.6 Å². The lowest BCUT2D eigenvalue weighted by Gasteiger charge is -2.08. The number of nitrogens with zero attached hydrogens (tertiary/aromatic N) is 1. The van der Waals surface area contributed by atoms with Crippen molar-refractivity contribution in [2.75, 3.05) is 0 Å². The van der Waals surface area contributed by atoms with Crippen LogP contribution in [0.1, 0.15) is 18.1 Å². The predicted molar refractivity (Wildman–Crippen MR) is 45.7 cm³/mol. The first-order valence-electron chi connectivity index (χ1n) is 4.00. The Morgan fingerprint density at radius 1 is 1.18 bits per heavy atom. The summed E-state index contributed by atoms with van der Waals surface area (Å²) in [5.74, 6) is 0. The van der Waals surface area contributed by atoms with Gasteiger partial charge >= 0.3 is 0 Å². The van der Waals surface area contributed by atoms with E-state index in [4.69, 9.17) is 0 Å². The summed E-state index contributed by atoms with van der Waals surface area (Å²) >= 11 is 0. The first-order valence-corrected chi connectivity index (χ1v) is 4.00. The van der Waals surface area contributed by atoms with E-state index in [0.717, 1.165) is 13.1 Å². The highest BCUT2D eigenvalue weighted by molar-refractivity contribution is 5.30. The largest absolute Gasteiger partial charge is 0.291 e. The summed E-state index contributed by atoms with van der Waals surface area (Å²) in [6.07, 6.45) is 0. The average molecular weight is 146 g/mol. The number of benzene rings is 1. The van der Waals surface area contributed by atoms with Gasteiger partial charge in [-0.05, 0) is 18.1 Å². The van der Waals surface area contributed by atoms with Gasteiger partial charge in [-0.3, -0.25) is 4.90 Å². The fourth-order valence-electron chi connectivity index (χ4n) is 1.54. The molecule has 1 aromatic carbocycles. The van der Waals surface area contributed by atoms with E-state index in [9.17, 15) is 0 Å². The van der Waals surface area contributed by atoms with Crippen LogP contribution in [0.2, 0.25) is 0 Å². The second-order valence-electron chi connectivity index (χ2n) is 2.93. The van der Waals surface area contributed by atoms with Gasteiger partial charge in [-0.15, -0.1) is 0 Å². The van der Waals surface area contributed by atoms with Crippen LogP contribution in [0.15, 0.2) is 24.3 Å². The maximum Gasteiger partial charge on any atom is 0.0244 e. The van der Waals surface area contributed by atoms with Crippen LogP contribution in [-0.4, -0.2) is 4.90 Å². The molecule has 11 heavy (non-hydrogen) atoms. The minimum absolute atomic E-state index is 1.09. The van der Waals surface area contributed by atoms with Gasteiger partial charge in [-0.1, -0.05) is 24.3 Å². The van der Waals surface area contributed by atoms with Crippen molar-refractivity contribution in [3.05, 3.63) is 41.9 Å². The first kappa shape index (κ1) is 6.86. The minimum Gasteiger partial charge on any atom is -0.291 e. The molecule has 0 amide bonds. The number of hydrogen-bond acceptors (Lipinski definition) is 1. The first-order chi connectivity index (χ1) is 5.40. The van der Waals surface area contributed by atoms with Gasteiger partial charge in [-0.2, -0.15) is 0 Å². The summed E-state index contributed by atoms with van der Waals surface area (Å²) in [6.45, 7) is 6.42. The van der Waals surface area contributed by atoms with Crippen LogP contribution in [0.3, 0.4) is 0 Å². The Morgan fingerprint density at radius 3 is 2.18 bits per heavy atom. The molecule has 1 aromatic rings. The molecule has 0 fully saturated rings. The van der Waals surface area contributed by atoms with E-state index in [0.29, 0.717) is 0 Å². The van der Waals surface area contributed by atoms with Gasteiger partial charge in [0.15, 0.2) is 0 Å². The number of fused-ring (bicyclic) bond motifs is 1. The Balaban J connectivity index is 2.27. The standard InChI is InChI=1S/C10H12N/c1-2-11-7-9-5-3-4-6-10(9)8-11/h2-6H,7-8H2,1H3.